The van der Waals surface area contributed by atoms with Crippen LogP contribution < -0.4 is 0 Å². The first kappa shape index (κ1) is 11.2. The van der Waals surface area contributed by atoms with Crippen molar-refractivity contribution in [2.75, 3.05) is 0 Å². The minimum absolute atomic E-state index is 0.107. The summed E-state index contributed by atoms with van der Waals surface area (Å²) in [5, 5.41) is 14.0. The lowest BCUT2D eigenvalue weighted by atomic mass is 9.87. The van der Waals surface area contributed by atoms with Gasteiger partial charge in [-0.1, -0.05) is 20.8 Å². The third-order valence-corrected chi connectivity index (χ3v) is 2.37. The zero-order valence-electron chi connectivity index (χ0n) is 9.36. The number of aliphatic hydroxyl groups excluding tert-OH is 1. The van der Waals surface area contributed by atoms with Gasteiger partial charge in [-0.05, 0) is 12.3 Å². The summed E-state index contributed by atoms with van der Waals surface area (Å²) in [6.45, 7) is 8.87. The van der Waals surface area contributed by atoms with Crippen molar-refractivity contribution >= 4 is 0 Å². The van der Waals surface area contributed by atoms with Gasteiger partial charge in [-0.25, -0.2) is 4.98 Å². The second-order valence-corrected chi connectivity index (χ2v) is 4.58. The first-order valence-electron chi connectivity index (χ1n) is 5.00. The summed E-state index contributed by atoms with van der Waals surface area (Å²) in [6, 6.07) is 0. The van der Waals surface area contributed by atoms with Crippen molar-refractivity contribution in [2.24, 2.45) is 5.41 Å². The summed E-state index contributed by atoms with van der Waals surface area (Å²) in [7, 11) is 0. The molecule has 0 bridgehead atoms. The average Bonchev–Trinajstić information content (AvgIpc) is 2.50. The van der Waals surface area contributed by atoms with Crippen LogP contribution in [0.2, 0.25) is 0 Å². The van der Waals surface area contributed by atoms with Gasteiger partial charge in [-0.3, -0.25) is 4.68 Å². The van der Waals surface area contributed by atoms with Crippen molar-refractivity contribution in [3.8, 4) is 0 Å². The molecule has 1 unspecified atom stereocenters. The second kappa shape index (κ2) is 4.09. The van der Waals surface area contributed by atoms with E-state index < -0.39 is 0 Å². The van der Waals surface area contributed by atoms with E-state index in [0.29, 0.717) is 6.42 Å². The van der Waals surface area contributed by atoms with E-state index in [-0.39, 0.29) is 11.5 Å². The van der Waals surface area contributed by atoms with Gasteiger partial charge < -0.3 is 5.11 Å². The summed E-state index contributed by atoms with van der Waals surface area (Å²) < 4.78 is 1.81. The molecule has 0 aromatic carbocycles. The SMILES string of the molecule is CCn1ncnc1CC(O)C(C)(C)C. The van der Waals surface area contributed by atoms with Crippen molar-refractivity contribution in [1.29, 1.82) is 0 Å². The molecule has 0 amide bonds. The lowest BCUT2D eigenvalue weighted by molar-refractivity contribution is 0.0609. The molecule has 1 aromatic rings. The first-order valence-corrected chi connectivity index (χ1v) is 5.00. The zero-order valence-corrected chi connectivity index (χ0v) is 9.36. The van der Waals surface area contributed by atoms with E-state index in [1.54, 1.807) is 0 Å². The zero-order chi connectivity index (χ0) is 10.8. The monoisotopic (exact) mass is 197 g/mol. The van der Waals surface area contributed by atoms with Gasteiger partial charge in [0.05, 0.1) is 6.10 Å². The molecule has 1 rings (SSSR count). The van der Waals surface area contributed by atoms with Crippen LogP contribution >= 0.6 is 0 Å². The van der Waals surface area contributed by atoms with Crippen LogP contribution in [0.5, 0.6) is 0 Å². The number of rotatable bonds is 3. The molecule has 0 aliphatic rings. The molecule has 0 aliphatic heterocycles. The fourth-order valence-electron chi connectivity index (χ4n) is 1.19. The molecular weight excluding hydrogens is 178 g/mol. The van der Waals surface area contributed by atoms with Gasteiger partial charge >= 0.3 is 0 Å². The Hall–Kier alpha value is -0.900. The van der Waals surface area contributed by atoms with E-state index in [2.05, 4.69) is 10.1 Å². The number of hydrogen-bond acceptors (Lipinski definition) is 3. The Morgan fingerprint density at radius 2 is 2.14 bits per heavy atom. The fourth-order valence-corrected chi connectivity index (χ4v) is 1.19. The summed E-state index contributed by atoms with van der Waals surface area (Å²) in [5.41, 5.74) is -0.107. The standard InChI is InChI=1S/C10H19N3O/c1-5-13-9(11-7-12-13)6-8(14)10(2,3)4/h7-8,14H,5-6H2,1-4H3. The number of hydrogen-bond donors (Lipinski definition) is 1. The smallest absolute Gasteiger partial charge is 0.138 e. The molecule has 1 atom stereocenters. The summed E-state index contributed by atoms with van der Waals surface area (Å²) in [6.07, 6.45) is 1.72. The molecule has 1 N–H and O–H groups in total. The fraction of sp³-hybridized carbons (Fsp3) is 0.800. The highest BCUT2D eigenvalue weighted by atomic mass is 16.3. The van der Waals surface area contributed by atoms with Crippen LogP contribution in [0.25, 0.3) is 0 Å². The molecule has 0 aliphatic carbocycles. The summed E-state index contributed by atoms with van der Waals surface area (Å²) in [5.74, 6) is 0.856. The highest BCUT2D eigenvalue weighted by molar-refractivity contribution is 4.90. The van der Waals surface area contributed by atoms with Gasteiger partial charge in [0.25, 0.3) is 0 Å². The third-order valence-electron chi connectivity index (χ3n) is 2.37. The largest absolute Gasteiger partial charge is 0.392 e. The van der Waals surface area contributed by atoms with Gasteiger partial charge in [0.1, 0.15) is 12.2 Å². The molecular formula is C10H19N3O. The lowest BCUT2D eigenvalue weighted by Gasteiger charge is -2.25. The van der Waals surface area contributed by atoms with E-state index in [1.165, 1.54) is 6.33 Å². The predicted octanol–water partition coefficient (Wildman–Crippen LogP) is 1.25. The normalized spacial score (nSPS) is 14.4. The van der Waals surface area contributed by atoms with Crippen molar-refractivity contribution in [3.05, 3.63) is 12.2 Å². The van der Waals surface area contributed by atoms with Gasteiger partial charge in [0.15, 0.2) is 0 Å². The topological polar surface area (TPSA) is 50.9 Å². The van der Waals surface area contributed by atoms with Gasteiger partial charge in [-0.15, -0.1) is 0 Å². The first-order chi connectivity index (χ1) is 6.45. The minimum atomic E-state index is -0.378. The molecule has 4 nitrogen and oxygen atoms in total. The Morgan fingerprint density at radius 3 is 2.64 bits per heavy atom. The Kier molecular flexibility index (Phi) is 3.26. The molecule has 0 fully saturated rings. The predicted molar refractivity (Wildman–Crippen MR) is 54.9 cm³/mol. The Balaban J connectivity index is 2.69. The van der Waals surface area contributed by atoms with Crippen LogP contribution in [0.1, 0.15) is 33.5 Å². The maximum Gasteiger partial charge on any atom is 0.138 e. The highest BCUT2D eigenvalue weighted by Gasteiger charge is 2.23. The maximum atomic E-state index is 9.90. The van der Waals surface area contributed by atoms with Gasteiger partial charge in [0.2, 0.25) is 0 Å². The molecule has 1 aromatic heterocycles. The van der Waals surface area contributed by atoms with Crippen LogP contribution in [0.15, 0.2) is 6.33 Å². The lowest BCUT2D eigenvalue weighted by Crippen LogP contribution is -2.29. The maximum absolute atomic E-state index is 9.90. The van der Waals surface area contributed by atoms with E-state index in [4.69, 9.17) is 0 Å². The Bertz CT molecular complexity index is 288. The molecule has 14 heavy (non-hydrogen) atoms. The van der Waals surface area contributed by atoms with Crippen molar-refractivity contribution in [1.82, 2.24) is 14.8 Å². The summed E-state index contributed by atoms with van der Waals surface area (Å²) in [4.78, 5) is 4.13. The van der Waals surface area contributed by atoms with Crippen LogP contribution in [0.4, 0.5) is 0 Å². The minimum Gasteiger partial charge on any atom is -0.392 e. The number of aliphatic hydroxyl groups is 1. The molecule has 0 saturated heterocycles. The van der Waals surface area contributed by atoms with Gasteiger partial charge in [0, 0.05) is 13.0 Å². The number of aromatic nitrogens is 3. The molecule has 1 heterocycles. The molecule has 4 heteroatoms. The van der Waals surface area contributed by atoms with Crippen LogP contribution in [-0.4, -0.2) is 26.0 Å². The Morgan fingerprint density at radius 1 is 1.50 bits per heavy atom. The quantitative estimate of drug-likeness (QED) is 0.793. The van der Waals surface area contributed by atoms with E-state index in [9.17, 15) is 5.11 Å². The van der Waals surface area contributed by atoms with Gasteiger partial charge in [-0.2, -0.15) is 5.10 Å². The van der Waals surface area contributed by atoms with E-state index in [0.717, 1.165) is 12.4 Å². The van der Waals surface area contributed by atoms with Crippen LogP contribution in [0, 0.1) is 5.41 Å². The number of nitrogens with zero attached hydrogens (tertiary/aromatic N) is 3. The highest BCUT2D eigenvalue weighted by Crippen LogP contribution is 2.21. The van der Waals surface area contributed by atoms with E-state index >= 15 is 0 Å². The van der Waals surface area contributed by atoms with Crippen molar-refractivity contribution < 1.29 is 5.11 Å². The Labute approximate surface area is 85.0 Å². The number of aryl methyl sites for hydroxylation is 1. The van der Waals surface area contributed by atoms with Crippen molar-refractivity contribution in [2.45, 2.75) is 46.8 Å². The molecule has 0 radical (unpaired) electrons. The second-order valence-electron chi connectivity index (χ2n) is 4.58. The van der Waals surface area contributed by atoms with E-state index in [1.807, 2.05) is 32.4 Å². The molecule has 80 valence electrons. The van der Waals surface area contributed by atoms with Crippen LogP contribution in [0.3, 0.4) is 0 Å². The van der Waals surface area contributed by atoms with Crippen LogP contribution in [-0.2, 0) is 13.0 Å². The van der Waals surface area contributed by atoms with Crippen molar-refractivity contribution in [3.63, 3.8) is 0 Å². The summed E-state index contributed by atoms with van der Waals surface area (Å²) >= 11 is 0. The molecule has 0 spiro atoms. The third kappa shape index (κ3) is 2.54. The molecule has 0 saturated carbocycles. The average molecular weight is 197 g/mol.